The lowest BCUT2D eigenvalue weighted by molar-refractivity contribution is 0.687. The van der Waals surface area contributed by atoms with Crippen molar-refractivity contribution in [1.29, 1.82) is 0 Å². The number of nitrogens with zero attached hydrogens (tertiary/aromatic N) is 5. The van der Waals surface area contributed by atoms with Gasteiger partial charge in [-0.15, -0.1) is 0 Å². The fourth-order valence-corrected chi connectivity index (χ4v) is 1.76. The highest BCUT2D eigenvalue weighted by atomic mass is 35.5. The predicted octanol–water partition coefficient (Wildman–Crippen LogP) is 0.501. The van der Waals surface area contributed by atoms with Gasteiger partial charge in [0.15, 0.2) is 0 Å². The monoisotopic (exact) mass is 286 g/mol. The van der Waals surface area contributed by atoms with Crippen LogP contribution in [0.1, 0.15) is 0 Å². The minimum absolute atomic E-state index is 0.0915. The second-order valence-corrected chi connectivity index (χ2v) is 5.29. The van der Waals surface area contributed by atoms with Gasteiger partial charge < -0.3 is 5.32 Å². The van der Waals surface area contributed by atoms with E-state index < -0.39 is 10.8 Å². The molecular weight excluding hydrogens is 276 g/mol. The van der Waals surface area contributed by atoms with E-state index in [2.05, 4.69) is 25.3 Å². The van der Waals surface area contributed by atoms with Gasteiger partial charge in [-0.1, -0.05) is 0 Å². The van der Waals surface area contributed by atoms with Gasteiger partial charge in [0.1, 0.15) is 6.33 Å². The molecule has 7 nitrogen and oxygen atoms in total. The van der Waals surface area contributed by atoms with Gasteiger partial charge in [-0.05, 0) is 11.6 Å². The molecule has 0 aliphatic rings. The van der Waals surface area contributed by atoms with Crippen molar-refractivity contribution in [2.24, 2.45) is 0 Å². The molecule has 0 saturated carbocycles. The van der Waals surface area contributed by atoms with Crippen molar-refractivity contribution in [2.45, 2.75) is 0 Å². The van der Waals surface area contributed by atoms with E-state index >= 15 is 0 Å². The highest BCUT2D eigenvalue weighted by Gasteiger charge is 2.06. The molecule has 0 saturated heterocycles. The second-order valence-electron chi connectivity index (χ2n) is 3.40. The zero-order valence-corrected chi connectivity index (χ0v) is 11.1. The largest absolute Gasteiger partial charge is 0.353 e. The quantitative estimate of drug-likeness (QED) is 0.861. The predicted molar refractivity (Wildman–Crippen MR) is 69.4 cm³/mol. The van der Waals surface area contributed by atoms with Crippen LogP contribution < -0.4 is 5.32 Å². The van der Waals surface area contributed by atoms with Gasteiger partial charge >= 0.3 is 0 Å². The lowest BCUT2D eigenvalue weighted by atomic mass is 10.7. The molecule has 0 amide bonds. The Balaban J connectivity index is 2.14. The summed E-state index contributed by atoms with van der Waals surface area (Å²) in [5.74, 6) is 1.25. The van der Waals surface area contributed by atoms with Crippen molar-refractivity contribution in [2.75, 3.05) is 23.9 Å². The van der Waals surface area contributed by atoms with E-state index in [1.54, 1.807) is 29.5 Å². The number of halogens is 1. The Morgan fingerprint density at radius 1 is 1.44 bits per heavy atom. The van der Waals surface area contributed by atoms with Gasteiger partial charge in [0.05, 0.1) is 0 Å². The third kappa shape index (κ3) is 3.47. The first-order valence-electron chi connectivity index (χ1n) is 5.09. The van der Waals surface area contributed by atoms with Crippen LogP contribution in [0.2, 0.25) is 5.28 Å². The van der Waals surface area contributed by atoms with Crippen LogP contribution in [0, 0.1) is 0 Å². The smallest absolute Gasteiger partial charge is 0.241 e. The highest BCUT2D eigenvalue weighted by molar-refractivity contribution is 7.84. The van der Waals surface area contributed by atoms with Gasteiger partial charge in [-0.2, -0.15) is 15.0 Å². The van der Waals surface area contributed by atoms with Gasteiger partial charge in [-0.3, -0.25) is 8.78 Å². The molecular formula is C9H11ClN6OS. The first-order chi connectivity index (χ1) is 8.65. The molecule has 2 aromatic heterocycles. The fourth-order valence-electron chi connectivity index (χ4n) is 1.22. The molecule has 9 heteroatoms. The molecule has 1 N–H and O–H groups in total. The van der Waals surface area contributed by atoms with Crippen molar-refractivity contribution in [3.8, 4) is 5.95 Å². The number of aromatic nitrogens is 5. The Kier molecular flexibility index (Phi) is 4.21. The Labute approximate surface area is 111 Å². The van der Waals surface area contributed by atoms with E-state index in [1.807, 2.05) is 0 Å². The summed E-state index contributed by atoms with van der Waals surface area (Å²) in [4.78, 5) is 16.0. The highest BCUT2D eigenvalue weighted by Crippen LogP contribution is 2.08. The molecule has 18 heavy (non-hydrogen) atoms. The molecule has 1 unspecified atom stereocenters. The summed E-state index contributed by atoms with van der Waals surface area (Å²) in [6.07, 6.45) is 6.52. The van der Waals surface area contributed by atoms with Crippen molar-refractivity contribution < 1.29 is 4.21 Å². The van der Waals surface area contributed by atoms with E-state index in [4.69, 9.17) is 11.6 Å². The molecule has 0 bridgehead atoms. The van der Waals surface area contributed by atoms with Crippen LogP contribution in [0.5, 0.6) is 0 Å². The third-order valence-electron chi connectivity index (χ3n) is 2.00. The van der Waals surface area contributed by atoms with E-state index in [1.165, 1.54) is 0 Å². The summed E-state index contributed by atoms with van der Waals surface area (Å²) in [6.45, 7) is 0.507. The summed E-state index contributed by atoms with van der Waals surface area (Å²) in [7, 11) is -0.861. The summed E-state index contributed by atoms with van der Waals surface area (Å²) in [5, 5.41) is 3.04. The minimum atomic E-state index is -0.861. The molecule has 2 aromatic rings. The number of hydrogen-bond acceptors (Lipinski definition) is 6. The molecule has 0 aliphatic carbocycles. The Morgan fingerprint density at radius 2 is 2.28 bits per heavy atom. The first kappa shape index (κ1) is 12.9. The Hall–Kier alpha value is -1.54. The van der Waals surface area contributed by atoms with Crippen LogP contribution in [0.4, 0.5) is 5.95 Å². The second kappa shape index (κ2) is 5.87. The number of nitrogens with one attached hydrogen (secondary N) is 1. The molecule has 0 fully saturated rings. The van der Waals surface area contributed by atoms with Crippen LogP contribution in [-0.4, -0.2) is 47.3 Å². The average Bonchev–Trinajstić information content (AvgIpc) is 2.81. The summed E-state index contributed by atoms with van der Waals surface area (Å²) >= 11 is 5.81. The molecule has 96 valence electrons. The molecule has 1 atom stereocenters. The Morgan fingerprint density at radius 3 is 2.94 bits per heavy atom. The first-order valence-corrected chi connectivity index (χ1v) is 7.19. The normalized spacial score (nSPS) is 12.3. The third-order valence-corrected chi connectivity index (χ3v) is 2.95. The van der Waals surface area contributed by atoms with Crippen molar-refractivity contribution >= 4 is 28.3 Å². The van der Waals surface area contributed by atoms with E-state index in [0.717, 1.165) is 0 Å². The van der Waals surface area contributed by atoms with Gasteiger partial charge in [0.2, 0.25) is 17.2 Å². The Bertz CT molecular complexity index is 546. The lowest BCUT2D eigenvalue weighted by Crippen LogP contribution is -2.13. The molecule has 2 rings (SSSR count). The number of rotatable bonds is 5. The number of anilines is 1. The van der Waals surface area contributed by atoms with Crippen LogP contribution >= 0.6 is 11.6 Å². The van der Waals surface area contributed by atoms with Crippen LogP contribution in [-0.2, 0) is 10.8 Å². The minimum Gasteiger partial charge on any atom is -0.353 e. The zero-order valence-electron chi connectivity index (χ0n) is 9.58. The van der Waals surface area contributed by atoms with Gasteiger partial charge in [0.25, 0.3) is 0 Å². The van der Waals surface area contributed by atoms with E-state index in [9.17, 15) is 4.21 Å². The van der Waals surface area contributed by atoms with Crippen LogP contribution in [0.25, 0.3) is 5.95 Å². The maximum absolute atomic E-state index is 10.9. The zero-order chi connectivity index (χ0) is 13.0. The van der Waals surface area contributed by atoms with Crippen molar-refractivity contribution in [3.05, 3.63) is 24.0 Å². The standard InChI is InChI=1S/C9H11ClN6OS/c1-18(17)5-3-12-8-13-7(10)14-9(15-8)16-4-2-11-6-16/h2,4,6H,3,5H2,1H3,(H,12,13,14,15). The molecule has 0 spiro atoms. The summed E-state index contributed by atoms with van der Waals surface area (Å²) < 4.78 is 12.6. The topological polar surface area (TPSA) is 85.6 Å². The van der Waals surface area contributed by atoms with E-state index in [0.29, 0.717) is 24.2 Å². The van der Waals surface area contributed by atoms with E-state index in [-0.39, 0.29) is 5.28 Å². The number of hydrogen-bond donors (Lipinski definition) is 1. The molecule has 0 aliphatic heterocycles. The van der Waals surface area contributed by atoms with Crippen LogP contribution in [0.15, 0.2) is 18.7 Å². The van der Waals surface area contributed by atoms with Crippen molar-refractivity contribution in [1.82, 2.24) is 24.5 Å². The summed E-state index contributed by atoms with van der Waals surface area (Å²) in [5.41, 5.74) is 0. The average molecular weight is 287 g/mol. The van der Waals surface area contributed by atoms with Crippen LogP contribution in [0.3, 0.4) is 0 Å². The molecule has 2 heterocycles. The van der Waals surface area contributed by atoms with Crippen molar-refractivity contribution in [3.63, 3.8) is 0 Å². The van der Waals surface area contributed by atoms with Gasteiger partial charge in [0, 0.05) is 41.7 Å². The molecule has 0 radical (unpaired) electrons. The SMILES string of the molecule is CS(=O)CCNc1nc(Cl)nc(-n2ccnc2)n1. The fraction of sp³-hybridized carbons (Fsp3) is 0.333. The maximum atomic E-state index is 10.9. The lowest BCUT2D eigenvalue weighted by Gasteiger charge is -2.06. The maximum Gasteiger partial charge on any atom is 0.241 e. The number of imidazole rings is 1. The molecule has 0 aromatic carbocycles. The van der Waals surface area contributed by atoms with Gasteiger partial charge in [-0.25, -0.2) is 4.98 Å². The summed E-state index contributed by atoms with van der Waals surface area (Å²) in [6, 6.07) is 0.